The van der Waals surface area contributed by atoms with Gasteiger partial charge in [0.25, 0.3) is 0 Å². The molecule has 0 saturated heterocycles. The molecule has 1 atom stereocenters. The molecule has 1 unspecified atom stereocenters. The first kappa shape index (κ1) is 8.70. The van der Waals surface area contributed by atoms with E-state index in [1.807, 2.05) is 13.8 Å². The molecule has 0 radical (unpaired) electrons. The fourth-order valence-electron chi connectivity index (χ4n) is 0.954. The zero-order valence-corrected chi connectivity index (χ0v) is 6.52. The van der Waals surface area contributed by atoms with Gasteiger partial charge in [-0.25, -0.2) is 0 Å². The highest BCUT2D eigenvalue weighted by Gasteiger charge is 2.02. The van der Waals surface area contributed by atoms with Crippen molar-refractivity contribution in [3.05, 3.63) is 11.6 Å². The van der Waals surface area contributed by atoms with Crippen molar-refractivity contribution in [1.29, 1.82) is 0 Å². The fourth-order valence-corrected chi connectivity index (χ4v) is 0.954. The number of allylic oxidation sites excluding steroid dienone is 1. The van der Waals surface area contributed by atoms with Crippen molar-refractivity contribution < 1.29 is 5.11 Å². The van der Waals surface area contributed by atoms with Crippen LogP contribution in [0.15, 0.2) is 11.6 Å². The average Bonchev–Trinajstić information content (AvgIpc) is 1.90. The summed E-state index contributed by atoms with van der Waals surface area (Å²) >= 11 is 0. The van der Waals surface area contributed by atoms with E-state index in [-0.39, 0.29) is 6.61 Å². The lowest BCUT2D eigenvalue weighted by atomic mass is 10.00. The minimum absolute atomic E-state index is 0.271. The van der Waals surface area contributed by atoms with Crippen molar-refractivity contribution in [2.75, 3.05) is 6.61 Å². The van der Waals surface area contributed by atoms with E-state index in [0.717, 1.165) is 6.42 Å². The minimum Gasteiger partial charge on any atom is -0.396 e. The molecule has 0 aliphatic carbocycles. The maximum Gasteiger partial charge on any atom is 0.0493 e. The Hall–Kier alpha value is -0.300. The molecular weight excluding hydrogens is 112 g/mol. The number of aliphatic hydroxyl groups excluding tert-OH is 1. The molecule has 0 aliphatic rings. The van der Waals surface area contributed by atoms with E-state index in [9.17, 15) is 0 Å². The second-order valence-corrected chi connectivity index (χ2v) is 2.30. The Morgan fingerprint density at radius 2 is 2.22 bits per heavy atom. The van der Waals surface area contributed by atoms with Crippen molar-refractivity contribution >= 4 is 0 Å². The molecule has 1 N–H and O–H groups in total. The molecule has 54 valence electrons. The van der Waals surface area contributed by atoms with Crippen LogP contribution in [0.1, 0.15) is 27.2 Å². The fraction of sp³-hybridized carbons (Fsp3) is 0.750. The van der Waals surface area contributed by atoms with Gasteiger partial charge in [-0.3, -0.25) is 0 Å². The van der Waals surface area contributed by atoms with Crippen LogP contribution < -0.4 is 0 Å². The van der Waals surface area contributed by atoms with Crippen LogP contribution in [0.2, 0.25) is 0 Å². The third kappa shape index (κ3) is 2.66. The SMILES string of the molecule is C/C=C(\CC)C(C)CO. The molecule has 0 rings (SSSR count). The predicted molar refractivity (Wildman–Crippen MR) is 40.3 cm³/mol. The summed E-state index contributed by atoms with van der Waals surface area (Å²) in [5.41, 5.74) is 1.34. The van der Waals surface area contributed by atoms with Crippen LogP contribution in [0.4, 0.5) is 0 Å². The number of hydrogen-bond acceptors (Lipinski definition) is 1. The molecule has 0 spiro atoms. The van der Waals surface area contributed by atoms with Gasteiger partial charge in [0.2, 0.25) is 0 Å². The zero-order valence-electron chi connectivity index (χ0n) is 6.52. The molecule has 0 bridgehead atoms. The second-order valence-electron chi connectivity index (χ2n) is 2.30. The Bertz CT molecular complexity index is 94.7. The van der Waals surface area contributed by atoms with E-state index in [1.165, 1.54) is 5.57 Å². The summed E-state index contributed by atoms with van der Waals surface area (Å²) in [5.74, 6) is 0.347. The lowest BCUT2D eigenvalue weighted by Gasteiger charge is -2.09. The molecule has 1 heteroatoms. The normalized spacial score (nSPS) is 15.8. The Morgan fingerprint density at radius 1 is 1.67 bits per heavy atom. The first-order valence-corrected chi connectivity index (χ1v) is 3.52. The van der Waals surface area contributed by atoms with Gasteiger partial charge in [-0.05, 0) is 13.3 Å². The molecule has 1 nitrogen and oxygen atoms in total. The van der Waals surface area contributed by atoms with Crippen molar-refractivity contribution in [2.45, 2.75) is 27.2 Å². The number of rotatable bonds is 3. The van der Waals surface area contributed by atoms with Crippen LogP contribution >= 0.6 is 0 Å². The highest BCUT2D eigenvalue weighted by Crippen LogP contribution is 2.12. The summed E-state index contributed by atoms with van der Waals surface area (Å²) in [7, 11) is 0. The van der Waals surface area contributed by atoms with Gasteiger partial charge in [-0.15, -0.1) is 0 Å². The van der Waals surface area contributed by atoms with E-state index in [4.69, 9.17) is 5.11 Å². The van der Waals surface area contributed by atoms with Crippen molar-refractivity contribution in [2.24, 2.45) is 5.92 Å². The Labute approximate surface area is 57.4 Å². The summed E-state index contributed by atoms with van der Waals surface area (Å²) in [6.45, 7) is 6.44. The minimum atomic E-state index is 0.271. The van der Waals surface area contributed by atoms with Crippen LogP contribution in [0.5, 0.6) is 0 Å². The molecule has 9 heavy (non-hydrogen) atoms. The first-order valence-electron chi connectivity index (χ1n) is 3.52. The smallest absolute Gasteiger partial charge is 0.0493 e. The second kappa shape index (κ2) is 4.57. The van der Waals surface area contributed by atoms with E-state index in [1.54, 1.807) is 0 Å². The van der Waals surface area contributed by atoms with Gasteiger partial charge in [-0.2, -0.15) is 0 Å². The Balaban J connectivity index is 3.80. The van der Waals surface area contributed by atoms with Gasteiger partial charge in [0, 0.05) is 12.5 Å². The predicted octanol–water partition coefficient (Wildman–Crippen LogP) is 1.97. The lowest BCUT2D eigenvalue weighted by molar-refractivity contribution is 0.254. The Morgan fingerprint density at radius 3 is 2.33 bits per heavy atom. The van der Waals surface area contributed by atoms with Crippen LogP contribution in [0.25, 0.3) is 0 Å². The van der Waals surface area contributed by atoms with Gasteiger partial charge in [0.1, 0.15) is 0 Å². The van der Waals surface area contributed by atoms with E-state index < -0.39 is 0 Å². The molecule has 0 aromatic carbocycles. The maximum absolute atomic E-state index is 8.73. The molecule has 0 amide bonds. The number of aliphatic hydroxyl groups is 1. The Kier molecular flexibility index (Phi) is 4.41. The summed E-state index contributed by atoms with van der Waals surface area (Å²) in [5, 5.41) is 8.73. The topological polar surface area (TPSA) is 20.2 Å². The monoisotopic (exact) mass is 128 g/mol. The zero-order chi connectivity index (χ0) is 7.28. The molecule has 0 saturated carbocycles. The van der Waals surface area contributed by atoms with E-state index in [2.05, 4.69) is 13.0 Å². The van der Waals surface area contributed by atoms with Gasteiger partial charge < -0.3 is 5.11 Å². The molecule has 0 fully saturated rings. The van der Waals surface area contributed by atoms with Crippen LogP contribution in [0, 0.1) is 5.92 Å². The summed E-state index contributed by atoms with van der Waals surface area (Å²) in [6.07, 6.45) is 3.14. The van der Waals surface area contributed by atoms with Crippen molar-refractivity contribution in [3.8, 4) is 0 Å². The van der Waals surface area contributed by atoms with Crippen LogP contribution in [0.3, 0.4) is 0 Å². The third-order valence-electron chi connectivity index (χ3n) is 1.69. The third-order valence-corrected chi connectivity index (χ3v) is 1.69. The van der Waals surface area contributed by atoms with E-state index in [0.29, 0.717) is 5.92 Å². The van der Waals surface area contributed by atoms with Crippen LogP contribution in [-0.2, 0) is 0 Å². The lowest BCUT2D eigenvalue weighted by Crippen LogP contribution is -2.03. The summed E-state index contributed by atoms with van der Waals surface area (Å²) < 4.78 is 0. The highest BCUT2D eigenvalue weighted by atomic mass is 16.3. The largest absolute Gasteiger partial charge is 0.396 e. The highest BCUT2D eigenvalue weighted by molar-refractivity contribution is 5.03. The van der Waals surface area contributed by atoms with Gasteiger partial charge >= 0.3 is 0 Å². The molecule has 0 aromatic heterocycles. The van der Waals surface area contributed by atoms with Crippen LogP contribution in [-0.4, -0.2) is 11.7 Å². The molecular formula is C8H16O. The van der Waals surface area contributed by atoms with Crippen molar-refractivity contribution in [3.63, 3.8) is 0 Å². The molecule has 0 heterocycles. The first-order chi connectivity index (χ1) is 4.26. The van der Waals surface area contributed by atoms with E-state index >= 15 is 0 Å². The maximum atomic E-state index is 8.73. The summed E-state index contributed by atoms with van der Waals surface area (Å²) in [6, 6.07) is 0. The molecule has 0 aliphatic heterocycles. The number of hydrogen-bond donors (Lipinski definition) is 1. The van der Waals surface area contributed by atoms with Gasteiger partial charge in [-0.1, -0.05) is 25.5 Å². The van der Waals surface area contributed by atoms with Gasteiger partial charge in [0.05, 0.1) is 0 Å². The van der Waals surface area contributed by atoms with Gasteiger partial charge in [0.15, 0.2) is 0 Å². The quantitative estimate of drug-likeness (QED) is 0.576. The summed E-state index contributed by atoms with van der Waals surface area (Å²) in [4.78, 5) is 0. The average molecular weight is 128 g/mol. The molecule has 0 aromatic rings. The van der Waals surface area contributed by atoms with Crippen molar-refractivity contribution in [1.82, 2.24) is 0 Å². The standard InChI is InChI=1S/C8H16O/c1-4-8(5-2)7(3)6-9/h4,7,9H,5-6H2,1-3H3/b8-4+.